The number of aliphatic hydroxyl groups is 1. The van der Waals surface area contributed by atoms with Crippen LogP contribution in [0, 0.1) is 6.92 Å². The van der Waals surface area contributed by atoms with E-state index in [4.69, 9.17) is 9.47 Å². The van der Waals surface area contributed by atoms with E-state index in [2.05, 4.69) is 0 Å². The number of ether oxygens (including phenoxy) is 2. The molecule has 2 rings (SSSR count). The van der Waals surface area contributed by atoms with E-state index in [0.29, 0.717) is 0 Å². The fraction of sp³-hybridized carbons (Fsp3) is 0.556. The summed E-state index contributed by atoms with van der Waals surface area (Å²) in [5, 5.41) is 11.1. The number of benzene rings is 1. The van der Waals surface area contributed by atoms with Gasteiger partial charge in [-0.15, -0.1) is 0 Å². The van der Waals surface area contributed by atoms with Crippen LogP contribution in [-0.2, 0) is 29.1 Å². The van der Waals surface area contributed by atoms with E-state index < -0.39 is 33.1 Å². The van der Waals surface area contributed by atoms with Gasteiger partial charge in [-0.3, -0.25) is 0 Å². The third kappa shape index (κ3) is 3.35. The number of esters is 2. The lowest BCUT2D eigenvalue weighted by Crippen LogP contribution is -2.66. The molecule has 1 aromatic rings. The highest BCUT2D eigenvalue weighted by atomic mass is 32.2. The van der Waals surface area contributed by atoms with E-state index in [-0.39, 0.29) is 31.1 Å². The van der Waals surface area contributed by atoms with Crippen LogP contribution in [-0.4, -0.2) is 60.7 Å². The molecule has 2 atom stereocenters. The van der Waals surface area contributed by atoms with Gasteiger partial charge < -0.3 is 14.6 Å². The number of carbonyl (C=O) groups excluding carboxylic acids is 2. The molecule has 0 bridgehead atoms. The van der Waals surface area contributed by atoms with Gasteiger partial charge in [0, 0.05) is 13.0 Å². The summed E-state index contributed by atoms with van der Waals surface area (Å²) in [6, 6.07) is 6.08. The number of sulfonamides is 1. The monoisotopic (exact) mass is 399 g/mol. The van der Waals surface area contributed by atoms with Crippen LogP contribution in [0.1, 0.15) is 32.8 Å². The predicted molar refractivity (Wildman–Crippen MR) is 96.3 cm³/mol. The second-order valence-corrected chi connectivity index (χ2v) is 8.38. The van der Waals surface area contributed by atoms with Crippen molar-refractivity contribution in [2.75, 3.05) is 19.8 Å². The maximum absolute atomic E-state index is 13.2. The van der Waals surface area contributed by atoms with Gasteiger partial charge in [-0.1, -0.05) is 17.7 Å². The summed E-state index contributed by atoms with van der Waals surface area (Å²) >= 11 is 0. The highest BCUT2D eigenvalue weighted by Gasteiger charge is 2.69. The van der Waals surface area contributed by atoms with Gasteiger partial charge in [-0.05, 0) is 39.8 Å². The Morgan fingerprint density at radius 1 is 1.11 bits per heavy atom. The molecule has 1 saturated heterocycles. The van der Waals surface area contributed by atoms with Crippen molar-refractivity contribution in [3.8, 4) is 0 Å². The van der Waals surface area contributed by atoms with Gasteiger partial charge in [0.25, 0.3) is 0 Å². The van der Waals surface area contributed by atoms with Crippen LogP contribution < -0.4 is 0 Å². The lowest BCUT2D eigenvalue weighted by molar-refractivity contribution is -0.184. The van der Waals surface area contributed by atoms with Crippen molar-refractivity contribution in [3.05, 3.63) is 29.8 Å². The zero-order valence-corrected chi connectivity index (χ0v) is 16.7. The molecular weight excluding hydrogens is 374 g/mol. The molecule has 1 heterocycles. The zero-order chi connectivity index (χ0) is 20.5. The summed E-state index contributed by atoms with van der Waals surface area (Å²) in [6.45, 7) is 5.82. The summed E-state index contributed by atoms with van der Waals surface area (Å²) in [7, 11) is -4.18. The Balaban J connectivity index is 2.60. The van der Waals surface area contributed by atoms with E-state index in [1.807, 2.05) is 6.92 Å². The molecule has 1 aliphatic rings. The van der Waals surface area contributed by atoms with E-state index >= 15 is 0 Å². The van der Waals surface area contributed by atoms with Gasteiger partial charge in [0.15, 0.2) is 11.1 Å². The van der Waals surface area contributed by atoms with Crippen molar-refractivity contribution >= 4 is 22.0 Å². The third-order valence-corrected chi connectivity index (χ3v) is 6.87. The first-order chi connectivity index (χ1) is 12.6. The summed E-state index contributed by atoms with van der Waals surface area (Å²) in [4.78, 5) is 25.1. The second kappa shape index (κ2) is 7.57. The SMILES string of the molecule is CCOC(=O)[C@]1(O)CCN(S(=O)(=O)c2ccc(C)cc2)[C@]1(C)C(=O)OCC. The van der Waals surface area contributed by atoms with Crippen molar-refractivity contribution in [2.45, 2.75) is 50.2 Å². The fourth-order valence-corrected chi connectivity index (χ4v) is 5.00. The first-order valence-corrected chi connectivity index (χ1v) is 10.2. The van der Waals surface area contributed by atoms with Crippen molar-refractivity contribution in [3.63, 3.8) is 0 Å². The van der Waals surface area contributed by atoms with Crippen LogP contribution in [0.15, 0.2) is 29.2 Å². The molecule has 1 aliphatic heterocycles. The molecule has 1 fully saturated rings. The minimum Gasteiger partial charge on any atom is -0.464 e. The fourth-order valence-electron chi connectivity index (χ4n) is 3.23. The Morgan fingerprint density at radius 3 is 2.15 bits per heavy atom. The maximum atomic E-state index is 13.2. The van der Waals surface area contributed by atoms with Gasteiger partial charge >= 0.3 is 11.9 Å². The van der Waals surface area contributed by atoms with Crippen LogP contribution in [0.5, 0.6) is 0 Å². The number of hydrogen-bond donors (Lipinski definition) is 1. The Hall–Kier alpha value is -1.97. The second-order valence-electron chi connectivity index (χ2n) is 6.51. The third-order valence-electron chi connectivity index (χ3n) is 4.88. The molecule has 0 saturated carbocycles. The quantitative estimate of drug-likeness (QED) is 0.711. The van der Waals surface area contributed by atoms with Gasteiger partial charge in [0.2, 0.25) is 10.0 Å². The molecule has 0 spiro atoms. The van der Waals surface area contributed by atoms with Crippen LogP contribution in [0.3, 0.4) is 0 Å². The number of hydrogen-bond acceptors (Lipinski definition) is 7. The first kappa shape index (κ1) is 21.3. The summed E-state index contributed by atoms with van der Waals surface area (Å²) in [5.74, 6) is -2.06. The van der Waals surface area contributed by atoms with Crippen molar-refractivity contribution in [2.24, 2.45) is 0 Å². The summed E-state index contributed by atoms with van der Waals surface area (Å²) < 4.78 is 37.2. The average molecular weight is 399 g/mol. The molecule has 0 amide bonds. The van der Waals surface area contributed by atoms with Gasteiger partial charge in [-0.2, -0.15) is 4.31 Å². The Labute approximate surface area is 159 Å². The summed E-state index contributed by atoms with van der Waals surface area (Å²) in [5.41, 5.74) is -3.64. The Kier molecular flexibility index (Phi) is 5.98. The van der Waals surface area contributed by atoms with Crippen LogP contribution in [0.25, 0.3) is 0 Å². The standard InChI is InChI=1S/C18H25NO7S/c1-5-25-15(20)17(4)18(22,16(21)26-6-2)11-12-19(17)27(23,24)14-9-7-13(3)8-10-14/h7-10,22H,5-6,11-12H2,1-4H3/t17-,18-/m1/s1. The van der Waals surface area contributed by atoms with Gasteiger partial charge in [-0.25, -0.2) is 18.0 Å². The number of aryl methyl sites for hydroxylation is 1. The molecule has 0 unspecified atom stereocenters. The highest BCUT2D eigenvalue weighted by molar-refractivity contribution is 7.89. The normalized spacial score (nSPS) is 26.0. The minimum absolute atomic E-state index is 0.0231. The first-order valence-electron chi connectivity index (χ1n) is 8.72. The molecular formula is C18H25NO7S. The average Bonchev–Trinajstić information content (AvgIpc) is 2.90. The number of nitrogens with zero attached hydrogens (tertiary/aromatic N) is 1. The lowest BCUT2D eigenvalue weighted by atomic mass is 9.82. The number of carbonyl (C=O) groups is 2. The van der Waals surface area contributed by atoms with E-state index in [1.165, 1.54) is 19.1 Å². The summed E-state index contributed by atoms with van der Waals surface area (Å²) in [6.07, 6.45) is -0.285. The molecule has 0 aliphatic carbocycles. The van der Waals surface area contributed by atoms with Crippen LogP contribution in [0.4, 0.5) is 0 Å². The van der Waals surface area contributed by atoms with Gasteiger partial charge in [0.1, 0.15) is 0 Å². The van der Waals surface area contributed by atoms with E-state index in [0.717, 1.165) is 9.87 Å². The molecule has 9 heteroatoms. The van der Waals surface area contributed by atoms with Crippen molar-refractivity contribution in [1.29, 1.82) is 0 Å². The molecule has 27 heavy (non-hydrogen) atoms. The van der Waals surface area contributed by atoms with Crippen LogP contribution in [0.2, 0.25) is 0 Å². The molecule has 8 nitrogen and oxygen atoms in total. The smallest absolute Gasteiger partial charge is 0.340 e. The van der Waals surface area contributed by atoms with E-state index in [1.54, 1.807) is 26.0 Å². The highest BCUT2D eigenvalue weighted by Crippen LogP contribution is 2.43. The topological polar surface area (TPSA) is 110 Å². The Bertz CT molecular complexity index is 821. The van der Waals surface area contributed by atoms with Crippen molar-refractivity contribution in [1.82, 2.24) is 4.31 Å². The van der Waals surface area contributed by atoms with Gasteiger partial charge in [0.05, 0.1) is 18.1 Å². The number of rotatable bonds is 6. The molecule has 150 valence electrons. The largest absolute Gasteiger partial charge is 0.464 e. The molecule has 1 N–H and O–H groups in total. The molecule has 1 aromatic carbocycles. The Morgan fingerprint density at radius 2 is 1.63 bits per heavy atom. The maximum Gasteiger partial charge on any atom is 0.340 e. The predicted octanol–water partition coefficient (Wildman–Crippen LogP) is 1.01. The van der Waals surface area contributed by atoms with E-state index in [9.17, 15) is 23.1 Å². The molecule has 0 radical (unpaired) electrons. The zero-order valence-electron chi connectivity index (χ0n) is 15.9. The van der Waals surface area contributed by atoms with Crippen molar-refractivity contribution < 1.29 is 32.6 Å². The van der Waals surface area contributed by atoms with Crippen LogP contribution >= 0.6 is 0 Å². The molecule has 0 aromatic heterocycles. The minimum atomic E-state index is -4.18. The lowest BCUT2D eigenvalue weighted by Gasteiger charge is -2.39.